The molecule has 1 rings (SSSR count). The minimum atomic E-state index is -0.234. The zero-order valence-electron chi connectivity index (χ0n) is 10.1. The summed E-state index contributed by atoms with van der Waals surface area (Å²) in [5.74, 6) is 0. The Kier molecular flexibility index (Phi) is 5.30. The van der Waals surface area contributed by atoms with Crippen LogP contribution in [0, 0.1) is 16.7 Å². The van der Waals surface area contributed by atoms with Gasteiger partial charge in [-0.25, -0.2) is 0 Å². The van der Waals surface area contributed by atoms with Crippen molar-refractivity contribution >= 4 is 33.2 Å². The molecule has 1 N–H and O–H groups in total. The molecule has 2 nitrogen and oxygen atoms in total. The number of nitrogens with one attached hydrogen (secondary N) is 1. The molecule has 0 spiro atoms. The van der Waals surface area contributed by atoms with Gasteiger partial charge in [-0.1, -0.05) is 11.6 Å². The van der Waals surface area contributed by atoms with E-state index in [1.165, 1.54) is 0 Å². The zero-order valence-corrected chi connectivity index (χ0v) is 12.4. The Morgan fingerprint density at radius 3 is 2.76 bits per heavy atom. The van der Waals surface area contributed by atoms with E-state index in [9.17, 15) is 0 Å². The van der Waals surface area contributed by atoms with E-state index >= 15 is 0 Å². The van der Waals surface area contributed by atoms with Gasteiger partial charge in [-0.3, -0.25) is 0 Å². The van der Waals surface area contributed by atoms with Crippen LogP contribution in [0.3, 0.4) is 0 Å². The van der Waals surface area contributed by atoms with Crippen molar-refractivity contribution in [3.63, 3.8) is 0 Å². The fourth-order valence-electron chi connectivity index (χ4n) is 1.43. The van der Waals surface area contributed by atoms with E-state index in [0.29, 0.717) is 5.02 Å². The van der Waals surface area contributed by atoms with Gasteiger partial charge in [0.1, 0.15) is 0 Å². The lowest BCUT2D eigenvalue weighted by molar-refractivity contribution is 0.441. The highest BCUT2D eigenvalue weighted by Gasteiger charge is 2.15. The average molecular weight is 316 g/mol. The number of anilines is 1. The molecule has 0 fully saturated rings. The number of nitriles is 1. The molecule has 4 heteroatoms. The van der Waals surface area contributed by atoms with Crippen molar-refractivity contribution in [2.24, 2.45) is 5.41 Å². The van der Waals surface area contributed by atoms with E-state index < -0.39 is 0 Å². The summed E-state index contributed by atoms with van der Waals surface area (Å²) < 4.78 is 0.890. The largest absolute Gasteiger partial charge is 0.385 e. The summed E-state index contributed by atoms with van der Waals surface area (Å²) in [5.41, 5.74) is 0.804. The summed E-state index contributed by atoms with van der Waals surface area (Å²) in [6.45, 7) is 4.79. The molecule has 0 aliphatic heterocycles. The fourth-order valence-corrected chi connectivity index (χ4v) is 1.92. The SMILES string of the molecule is CC(C)(C#N)CCCNc1ccc(Cl)c(Br)c1. The topological polar surface area (TPSA) is 35.8 Å². The molecule has 0 aliphatic carbocycles. The molecule has 1 aromatic carbocycles. The fraction of sp³-hybridized carbons (Fsp3) is 0.462. The Morgan fingerprint density at radius 1 is 1.47 bits per heavy atom. The maximum absolute atomic E-state index is 8.89. The van der Waals surface area contributed by atoms with Crippen molar-refractivity contribution in [1.29, 1.82) is 5.26 Å². The third kappa shape index (κ3) is 4.97. The summed E-state index contributed by atoms with van der Waals surface area (Å²) in [6, 6.07) is 8.06. The second-order valence-electron chi connectivity index (χ2n) is 4.65. The van der Waals surface area contributed by atoms with Crippen molar-refractivity contribution in [3.8, 4) is 6.07 Å². The van der Waals surface area contributed by atoms with Gasteiger partial charge in [0, 0.05) is 16.7 Å². The molecule has 0 unspecified atom stereocenters. The third-order valence-corrected chi connectivity index (χ3v) is 3.74. The van der Waals surface area contributed by atoms with Crippen molar-refractivity contribution in [3.05, 3.63) is 27.7 Å². The van der Waals surface area contributed by atoms with Gasteiger partial charge in [0.05, 0.1) is 16.5 Å². The maximum Gasteiger partial charge on any atom is 0.0683 e. The standard InChI is InChI=1S/C13H16BrClN2/c1-13(2,9-16)6-3-7-17-10-4-5-12(15)11(14)8-10/h4-5,8,17H,3,6-7H2,1-2H3. The molecule has 0 bridgehead atoms. The Hall–Kier alpha value is -0.720. The lowest BCUT2D eigenvalue weighted by atomic mass is 9.90. The lowest BCUT2D eigenvalue weighted by Crippen LogP contribution is -2.11. The number of nitrogens with zero attached hydrogens (tertiary/aromatic N) is 1. The highest BCUT2D eigenvalue weighted by Crippen LogP contribution is 2.26. The Labute approximate surface area is 116 Å². The molecule has 92 valence electrons. The maximum atomic E-state index is 8.89. The number of hydrogen-bond donors (Lipinski definition) is 1. The Bertz CT molecular complexity index is 424. The monoisotopic (exact) mass is 314 g/mol. The molecule has 0 amide bonds. The van der Waals surface area contributed by atoms with Crippen LogP contribution in [0.15, 0.2) is 22.7 Å². The van der Waals surface area contributed by atoms with E-state index in [4.69, 9.17) is 16.9 Å². The van der Waals surface area contributed by atoms with Gasteiger partial charge in [0.15, 0.2) is 0 Å². The van der Waals surface area contributed by atoms with Crippen molar-refractivity contribution in [1.82, 2.24) is 0 Å². The molecule has 0 aliphatic rings. The van der Waals surface area contributed by atoms with Crippen LogP contribution < -0.4 is 5.32 Å². The van der Waals surface area contributed by atoms with Crippen LogP contribution in [0.5, 0.6) is 0 Å². The molecular formula is C13H16BrClN2. The average Bonchev–Trinajstić information content (AvgIpc) is 2.29. The summed E-state index contributed by atoms with van der Waals surface area (Å²) in [4.78, 5) is 0. The summed E-state index contributed by atoms with van der Waals surface area (Å²) >= 11 is 9.29. The van der Waals surface area contributed by atoms with Crippen LogP contribution >= 0.6 is 27.5 Å². The summed E-state index contributed by atoms with van der Waals surface area (Å²) in [6.07, 6.45) is 1.87. The van der Waals surface area contributed by atoms with Crippen LogP contribution in [0.2, 0.25) is 5.02 Å². The van der Waals surface area contributed by atoms with E-state index in [0.717, 1.165) is 29.5 Å². The quantitative estimate of drug-likeness (QED) is 0.789. The van der Waals surface area contributed by atoms with Gasteiger partial charge in [0.2, 0.25) is 0 Å². The molecule has 0 saturated carbocycles. The van der Waals surface area contributed by atoms with Crippen LogP contribution in [0.4, 0.5) is 5.69 Å². The summed E-state index contributed by atoms with van der Waals surface area (Å²) in [5, 5.41) is 12.9. The number of benzene rings is 1. The van der Waals surface area contributed by atoms with Crippen LogP contribution in [0.1, 0.15) is 26.7 Å². The van der Waals surface area contributed by atoms with Gasteiger partial charge >= 0.3 is 0 Å². The van der Waals surface area contributed by atoms with Crippen molar-refractivity contribution in [2.75, 3.05) is 11.9 Å². The second kappa shape index (κ2) is 6.28. The molecule has 0 atom stereocenters. The zero-order chi connectivity index (χ0) is 12.9. The molecule has 17 heavy (non-hydrogen) atoms. The predicted molar refractivity (Wildman–Crippen MR) is 76.3 cm³/mol. The minimum absolute atomic E-state index is 0.234. The van der Waals surface area contributed by atoms with Crippen molar-refractivity contribution in [2.45, 2.75) is 26.7 Å². The van der Waals surface area contributed by atoms with Crippen LogP contribution in [-0.2, 0) is 0 Å². The smallest absolute Gasteiger partial charge is 0.0683 e. The van der Waals surface area contributed by atoms with Gasteiger partial charge in [-0.2, -0.15) is 5.26 Å². The molecule has 0 saturated heterocycles. The van der Waals surface area contributed by atoms with Gasteiger partial charge in [-0.15, -0.1) is 0 Å². The Balaban J connectivity index is 2.37. The number of rotatable bonds is 5. The highest BCUT2D eigenvalue weighted by atomic mass is 79.9. The molecule has 0 radical (unpaired) electrons. The minimum Gasteiger partial charge on any atom is -0.385 e. The lowest BCUT2D eigenvalue weighted by Gasteiger charge is -2.15. The first-order chi connectivity index (χ1) is 7.94. The van der Waals surface area contributed by atoms with Crippen LogP contribution in [0.25, 0.3) is 0 Å². The molecule has 0 aromatic heterocycles. The van der Waals surface area contributed by atoms with Crippen LogP contribution in [-0.4, -0.2) is 6.54 Å². The van der Waals surface area contributed by atoms with E-state index in [2.05, 4.69) is 27.3 Å². The van der Waals surface area contributed by atoms with Crippen molar-refractivity contribution < 1.29 is 0 Å². The third-order valence-electron chi connectivity index (χ3n) is 2.53. The number of halogens is 2. The second-order valence-corrected chi connectivity index (χ2v) is 5.92. The van der Waals surface area contributed by atoms with E-state index in [-0.39, 0.29) is 5.41 Å². The highest BCUT2D eigenvalue weighted by molar-refractivity contribution is 9.10. The van der Waals surface area contributed by atoms with E-state index in [1.54, 1.807) is 0 Å². The Morgan fingerprint density at radius 2 is 2.18 bits per heavy atom. The first-order valence-corrected chi connectivity index (χ1v) is 6.72. The van der Waals surface area contributed by atoms with E-state index in [1.807, 2.05) is 32.0 Å². The van der Waals surface area contributed by atoms with Gasteiger partial charge < -0.3 is 5.32 Å². The van der Waals surface area contributed by atoms with Gasteiger partial charge in [0.25, 0.3) is 0 Å². The number of hydrogen-bond acceptors (Lipinski definition) is 2. The molecule has 1 aromatic rings. The first kappa shape index (κ1) is 14.3. The molecular weight excluding hydrogens is 300 g/mol. The predicted octanol–water partition coefficient (Wildman–Crippen LogP) is 4.84. The first-order valence-electron chi connectivity index (χ1n) is 5.55. The van der Waals surface area contributed by atoms with Gasteiger partial charge in [-0.05, 0) is 60.8 Å². The summed E-state index contributed by atoms with van der Waals surface area (Å²) in [7, 11) is 0. The normalized spacial score (nSPS) is 11.0. The molecule has 0 heterocycles.